The molecule has 1 aliphatic rings. The van der Waals surface area contributed by atoms with E-state index in [-0.39, 0.29) is 18.5 Å². The van der Waals surface area contributed by atoms with Crippen molar-refractivity contribution in [1.82, 2.24) is 5.32 Å². The summed E-state index contributed by atoms with van der Waals surface area (Å²) in [5.41, 5.74) is 1.86. The second-order valence-electron chi connectivity index (χ2n) is 7.05. The van der Waals surface area contributed by atoms with Crippen LogP contribution in [0.5, 0.6) is 5.75 Å². The molecule has 1 N–H and O–H groups in total. The van der Waals surface area contributed by atoms with Gasteiger partial charge in [0.25, 0.3) is 0 Å². The van der Waals surface area contributed by atoms with Gasteiger partial charge in [-0.3, -0.25) is 0 Å². The van der Waals surface area contributed by atoms with E-state index in [4.69, 9.17) is 21.1 Å². The van der Waals surface area contributed by atoms with Crippen LogP contribution in [0.25, 0.3) is 10.8 Å². The van der Waals surface area contributed by atoms with E-state index in [0.717, 1.165) is 48.3 Å². The number of nitrogens with one attached hydrogen (secondary N) is 1. The summed E-state index contributed by atoms with van der Waals surface area (Å²) in [7, 11) is 0. The Labute approximate surface area is 169 Å². The molecule has 0 aromatic heterocycles. The molecule has 3 aromatic rings. The normalized spacial score (nSPS) is 16.6. The predicted molar refractivity (Wildman–Crippen MR) is 110 cm³/mol. The Bertz CT molecular complexity index is 956. The smallest absolute Gasteiger partial charge is 0.124 e. The highest BCUT2D eigenvalue weighted by atomic mass is 35.5. The third kappa shape index (κ3) is 4.46. The molecule has 5 heteroatoms. The largest absolute Gasteiger partial charge is 0.488 e. The fourth-order valence-electron chi connectivity index (χ4n) is 3.59. The van der Waals surface area contributed by atoms with Gasteiger partial charge in [-0.2, -0.15) is 0 Å². The first-order valence-corrected chi connectivity index (χ1v) is 9.98. The summed E-state index contributed by atoms with van der Waals surface area (Å²) in [5, 5.41) is 6.21. The third-order valence-corrected chi connectivity index (χ3v) is 5.45. The summed E-state index contributed by atoms with van der Waals surface area (Å²) in [6.45, 7) is 2.66. The van der Waals surface area contributed by atoms with Gasteiger partial charge in [-0.05, 0) is 41.8 Å². The molecule has 0 spiro atoms. The van der Waals surface area contributed by atoms with Gasteiger partial charge in [-0.15, -0.1) is 0 Å². The van der Waals surface area contributed by atoms with E-state index in [1.807, 2.05) is 18.2 Å². The molecule has 3 aromatic carbocycles. The van der Waals surface area contributed by atoms with Gasteiger partial charge in [0.1, 0.15) is 18.2 Å². The van der Waals surface area contributed by atoms with E-state index in [1.54, 1.807) is 6.07 Å². The zero-order valence-corrected chi connectivity index (χ0v) is 16.3. The molecule has 1 aliphatic heterocycles. The van der Waals surface area contributed by atoms with Gasteiger partial charge in [0.05, 0.1) is 11.1 Å². The number of hydrogen-bond acceptors (Lipinski definition) is 3. The minimum absolute atomic E-state index is 0.288. The maximum atomic E-state index is 13.3. The van der Waals surface area contributed by atoms with Crippen molar-refractivity contribution in [1.29, 1.82) is 0 Å². The van der Waals surface area contributed by atoms with E-state index in [9.17, 15) is 4.39 Å². The maximum Gasteiger partial charge on any atom is 0.124 e. The van der Waals surface area contributed by atoms with Crippen LogP contribution in [-0.4, -0.2) is 19.3 Å². The molecular formula is C23H23ClFNO2. The van der Waals surface area contributed by atoms with Gasteiger partial charge in [0.15, 0.2) is 0 Å². The summed E-state index contributed by atoms with van der Waals surface area (Å²) >= 11 is 6.14. The van der Waals surface area contributed by atoms with Crippen LogP contribution in [0.15, 0.2) is 54.6 Å². The molecule has 146 valence electrons. The summed E-state index contributed by atoms with van der Waals surface area (Å²) in [5.74, 6) is 0.456. The Morgan fingerprint density at radius 2 is 2.04 bits per heavy atom. The van der Waals surface area contributed by atoms with Crippen molar-refractivity contribution in [3.8, 4) is 5.75 Å². The number of hydrogen-bond donors (Lipinski definition) is 1. The minimum Gasteiger partial charge on any atom is -0.488 e. The molecular weight excluding hydrogens is 377 g/mol. The first-order chi connectivity index (χ1) is 13.7. The first-order valence-electron chi connectivity index (χ1n) is 9.60. The standard InChI is InChI=1S/C23H23ClFNO2/c24-22-12-18(25)9-7-17(22)15-28-23-10-8-16-4-1-2-6-20(16)21(23)14-26-13-19-5-3-11-27-19/h1-2,4,6-10,12,19,26H,3,5,11,13-15H2/t19-/m0/s1. The van der Waals surface area contributed by atoms with Crippen molar-refractivity contribution in [2.24, 2.45) is 0 Å². The van der Waals surface area contributed by atoms with Gasteiger partial charge in [-0.1, -0.05) is 48.0 Å². The minimum atomic E-state index is -0.349. The van der Waals surface area contributed by atoms with Crippen molar-refractivity contribution in [2.45, 2.75) is 32.1 Å². The summed E-state index contributed by atoms with van der Waals surface area (Å²) in [4.78, 5) is 0. The number of halogens is 2. The van der Waals surface area contributed by atoms with Crippen LogP contribution in [0.2, 0.25) is 5.02 Å². The Kier molecular flexibility index (Phi) is 6.10. The van der Waals surface area contributed by atoms with E-state index in [0.29, 0.717) is 11.6 Å². The molecule has 1 atom stereocenters. The summed E-state index contributed by atoms with van der Waals surface area (Å²) in [6, 6.07) is 16.7. The van der Waals surface area contributed by atoms with Gasteiger partial charge in [0, 0.05) is 30.8 Å². The highest BCUT2D eigenvalue weighted by Crippen LogP contribution is 2.29. The molecule has 28 heavy (non-hydrogen) atoms. The Balaban J connectivity index is 1.53. The number of ether oxygens (including phenoxy) is 2. The first kappa shape index (κ1) is 19.2. The zero-order valence-electron chi connectivity index (χ0n) is 15.6. The molecule has 1 heterocycles. The lowest BCUT2D eigenvalue weighted by Gasteiger charge is -2.17. The Morgan fingerprint density at radius 1 is 1.14 bits per heavy atom. The lowest BCUT2D eigenvalue weighted by Crippen LogP contribution is -2.26. The lowest BCUT2D eigenvalue weighted by atomic mass is 10.0. The van der Waals surface area contributed by atoms with Crippen LogP contribution in [0.1, 0.15) is 24.0 Å². The molecule has 1 fully saturated rings. The molecule has 1 saturated heterocycles. The average molecular weight is 400 g/mol. The van der Waals surface area contributed by atoms with Crippen molar-refractivity contribution in [2.75, 3.05) is 13.2 Å². The zero-order chi connectivity index (χ0) is 19.3. The van der Waals surface area contributed by atoms with Gasteiger partial charge >= 0.3 is 0 Å². The molecule has 0 bridgehead atoms. The van der Waals surface area contributed by atoms with Crippen LogP contribution in [0.4, 0.5) is 4.39 Å². The SMILES string of the molecule is Fc1ccc(COc2ccc3ccccc3c2CNC[C@@H]2CCCO2)c(Cl)c1. The number of fused-ring (bicyclic) bond motifs is 1. The molecule has 0 amide bonds. The fraction of sp³-hybridized carbons (Fsp3) is 0.304. The molecule has 0 saturated carbocycles. The monoisotopic (exact) mass is 399 g/mol. The van der Waals surface area contributed by atoms with Crippen LogP contribution in [-0.2, 0) is 17.9 Å². The molecule has 0 unspecified atom stereocenters. The summed E-state index contributed by atoms with van der Waals surface area (Å²) < 4.78 is 25.1. The number of benzene rings is 3. The van der Waals surface area contributed by atoms with Crippen LogP contribution in [0.3, 0.4) is 0 Å². The predicted octanol–water partition coefficient (Wildman–Crippen LogP) is 5.48. The highest BCUT2D eigenvalue weighted by molar-refractivity contribution is 6.31. The second-order valence-corrected chi connectivity index (χ2v) is 7.46. The second kappa shape index (κ2) is 8.91. The lowest BCUT2D eigenvalue weighted by molar-refractivity contribution is 0.110. The highest BCUT2D eigenvalue weighted by Gasteiger charge is 2.16. The average Bonchev–Trinajstić information content (AvgIpc) is 3.21. The number of rotatable bonds is 7. The van der Waals surface area contributed by atoms with E-state index >= 15 is 0 Å². The van der Waals surface area contributed by atoms with Crippen molar-refractivity contribution in [3.05, 3.63) is 76.6 Å². The topological polar surface area (TPSA) is 30.5 Å². The van der Waals surface area contributed by atoms with E-state index in [1.165, 1.54) is 17.5 Å². The molecule has 0 radical (unpaired) electrons. The van der Waals surface area contributed by atoms with E-state index in [2.05, 4.69) is 23.5 Å². The Morgan fingerprint density at radius 3 is 2.86 bits per heavy atom. The Hall–Kier alpha value is -2.14. The third-order valence-electron chi connectivity index (χ3n) is 5.09. The summed E-state index contributed by atoms with van der Waals surface area (Å²) in [6.07, 6.45) is 2.53. The quantitative estimate of drug-likeness (QED) is 0.570. The molecule has 4 rings (SSSR count). The molecule has 0 aliphatic carbocycles. The maximum absolute atomic E-state index is 13.3. The van der Waals surface area contributed by atoms with E-state index < -0.39 is 0 Å². The van der Waals surface area contributed by atoms with Crippen molar-refractivity contribution < 1.29 is 13.9 Å². The van der Waals surface area contributed by atoms with Crippen molar-refractivity contribution in [3.63, 3.8) is 0 Å². The molecule has 3 nitrogen and oxygen atoms in total. The fourth-order valence-corrected chi connectivity index (χ4v) is 3.81. The van der Waals surface area contributed by atoms with Gasteiger partial charge < -0.3 is 14.8 Å². The van der Waals surface area contributed by atoms with Gasteiger partial charge in [0.2, 0.25) is 0 Å². The van der Waals surface area contributed by atoms with Crippen LogP contribution in [0, 0.1) is 5.82 Å². The van der Waals surface area contributed by atoms with Crippen molar-refractivity contribution >= 4 is 22.4 Å². The van der Waals surface area contributed by atoms with Gasteiger partial charge in [-0.25, -0.2) is 4.39 Å². The van der Waals surface area contributed by atoms with Crippen LogP contribution >= 0.6 is 11.6 Å². The van der Waals surface area contributed by atoms with Crippen LogP contribution < -0.4 is 10.1 Å².